The summed E-state index contributed by atoms with van der Waals surface area (Å²) >= 11 is 0. The normalized spacial score (nSPS) is 13.5. The molecule has 0 unspecified atom stereocenters. The first-order valence-electron chi connectivity index (χ1n) is 39.5. The summed E-state index contributed by atoms with van der Waals surface area (Å²) in [6.07, 6.45) is 0. The summed E-state index contributed by atoms with van der Waals surface area (Å²) in [4.78, 5) is 140. The van der Waals surface area contributed by atoms with E-state index in [1.54, 1.807) is 36.4 Å². The highest BCUT2D eigenvalue weighted by atomic mass is 19.2. The minimum absolute atomic E-state index is 0.00583. The molecule has 19 nitrogen and oxygen atoms in total. The van der Waals surface area contributed by atoms with Crippen LogP contribution >= 0.6 is 0 Å². The SMILES string of the molecule is C[C@H](NCC(=O)N(CC(=O)N(CC(=O)N(CC(=O)N(CC(=O)N(CC(=O)N(CC(=O)N(CC(=O)N(CC(N)=O)[C@@H](C)c1ccccc1)[C@@H](C)c1c(F)c(F)c(F)c(F)c1F)[C@@H](C)c1ccccc1)[C@@H](C)c1c(F)c(F)c(F)c(F)c1F)[C@@H](C)c1ccccc1)[C@@H](C)c1c(F)c(F)c(F)c(F)c1F)[C@@H](C)c1ccccc1)[C@@H](C)c1c(F)c(F)c(F)c(F)c1F)c1ccccc1. The van der Waals surface area contributed by atoms with Crippen LogP contribution in [0.4, 0.5) is 87.8 Å². The van der Waals surface area contributed by atoms with Crippen molar-refractivity contribution in [3.63, 3.8) is 0 Å². The fourth-order valence-electron chi connectivity index (χ4n) is 14.8. The molecule has 0 spiro atoms. The quantitative estimate of drug-likeness (QED) is 0.0215. The van der Waals surface area contributed by atoms with Gasteiger partial charge in [-0.05, 0) is 90.1 Å². The Morgan fingerprint density at radius 1 is 0.217 bits per heavy atom. The topological polar surface area (TPSA) is 218 Å². The summed E-state index contributed by atoms with van der Waals surface area (Å²) < 4.78 is 313. The van der Waals surface area contributed by atoms with Crippen molar-refractivity contribution in [3.8, 4) is 0 Å². The minimum atomic E-state index is -2.78. The molecule has 0 fully saturated rings. The molecule has 129 heavy (non-hydrogen) atoms. The summed E-state index contributed by atoms with van der Waals surface area (Å²) in [6, 6.07) is 18.5. The molecule has 0 radical (unpaired) electrons. The van der Waals surface area contributed by atoms with Crippen LogP contribution in [0.1, 0.15) is 167 Å². The molecule has 0 saturated carbocycles. The second-order valence-electron chi connectivity index (χ2n) is 30.1. The van der Waals surface area contributed by atoms with Crippen molar-refractivity contribution in [2.45, 2.75) is 117 Å². The second-order valence-corrected chi connectivity index (χ2v) is 30.1. The minimum Gasteiger partial charge on any atom is -0.368 e. The van der Waals surface area contributed by atoms with Crippen LogP contribution in [0, 0.1) is 116 Å². The molecule has 0 aliphatic rings. The van der Waals surface area contributed by atoms with Crippen LogP contribution < -0.4 is 11.1 Å². The van der Waals surface area contributed by atoms with Crippen LogP contribution in [0.15, 0.2) is 152 Å². The van der Waals surface area contributed by atoms with Crippen molar-refractivity contribution >= 4 is 53.2 Å². The molecule has 0 saturated heterocycles. The number of carbonyl (C=O) groups is 9. The zero-order valence-electron chi connectivity index (χ0n) is 69.9. The summed E-state index contributed by atoms with van der Waals surface area (Å²) in [7, 11) is 0. The van der Waals surface area contributed by atoms with Gasteiger partial charge in [0.05, 0.1) is 83.7 Å². The lowest BCUT2D eigenvalue weighted by Gasteiger charge is -2.39. The van der Waals surface area contributed by atoms with Gasteiger partial charge >= 0.3 is 0 Å². The Morgan fingerprint density at radius 3 is 0.543 bits per heavy atom. The van der Waals surface area contributed by atoms with Gasteiger partial charge in [-0.3, -0.25) is 43.2 Å². The molecule has 0 bridgehead atoms. The monoisotopic (exact) mass is 1830 g/mol. The van der Waals surface area contributed by atoms with Gasteiger partial charge in [0.25, 0.3) is 0 Å². The Hall–Kier alpha value is -13.2. The van der Waals surface area contributed by atoms with Gasteiger partial charge in [0.2, 0.25) is 76.4 Å². The molecular formula is C90H82F20N10O9. The number of halogens is 20. The zero-order chi connectivity index (χ0) is 95.5. The van der Waals surface area contributed by atoms with E-state index >= 15 is 108 Å². The van der Waals surface area contributed by atoms with E-state index in [0.717, 1.165) is 25.7 Å². The molecular weight excluding hydrogens is 1750 g/mol. The molecule has 686 valence electrons. The predicted molar refractivity (Wildman–Crippen MR) is 424 cm³/mol. The highest BCUT2D eigenvalue weighted by molar-refractivity contribution is 5.95. The number of rotatable bonds is 36. The standard InChI is InChI=1S/C90H82F20N10O9/c1-44(53-25-15-10-16-26-53)112-35-59(122)117(49(6)67-71(91)79(99)87(107)80(100)72(67)92)40-61(124)114(46(3)55-29-19-12-20-30-55)37-65(128)119(51(8)69-75(95)83(103)89(109)84(104)76(69)96)42-63(126)116(48(5)57-33-23-14-24-34-57)39-66(129)120(52(9)70-77(97)85(105)90(110)86(106)78(70)98)43-62(125)115(47(4)56-31-21-13-22-32-56)38-64(127)118(50(7)68-73(93)81(101)88(108)82(102)74(68)94)41-60(123)113(36-58(111)121)45(2)54-27-17-11-18-28-54/h10-34,44-52,112H,35-43H2,1-9H3,(H2,111,121)/t44-,45-,46-,47-,48-,49-,50-,51-,52-/m0/s1. The third kappa shape index (κ3) is 21.6. The van der Waals surface area contributed by atoms with Crippen LogP contribution in [-0.2, 0) is 43.2 Å². The van der Waals surface area contributed by atoms with E-state index in [9.17, 15) is 23.2 Å². The predicted octanol–water partition coefficient (Wildman–Crippen LogP) is 16.3. The first-order chi connectivity index (χ1) is 60.8. The van der Waals surface area contributed by atoms with Crippen LogP contribution in [-0.4, -0.2) is 151 Å². The lowest BCUT2D eigenvalue weighted by Crippen LogP contribution is -2.54. The molecule has 9 aromatic carbocycles. The molecule has 0 heterocycles. The van der Waals surface area contributed by atoms with E-state index in [1.807, 2.05) is 0 Å². The fourth-order valence-corrected chi connectivity index (χ4v) is 14.8. The van der Waals surface area contributed by atoms with Gasteiger partial charge in [0.15, 0.2) is 93.1 Å². The first kappa shape index (κ1) is 99.5. The number of amides is 9. The van der Waals surface area contributed by atoms with Gasteiger partial charge in [-0.1, -0.05) is 152 Å². The number of primary amides is 1. The maximum absolute atomic E-state index is 16.6. The van der Waals surface area contributed by atoms with Gasteiger partial charge in [-0.25, -0.2) is 87.8 Å². The number of carbonyl (C=O) groups excluding carboxylic acids is 9. The molecule has 0 aromatic heterocycles. The number of benzene rings is 9. The maximum Gasteiger partial charge on any atom is 0.243 e. The smallest absolute Gasteiger partial charge is 0.243 e. The van der Waals surface area contributed by atoms with Gasteiger partial charge < -0.3 is 50.2 Å². The molecule has 9 rings (SSSR count). The van der Waals surface area contributed by atoms with Gasteiger partial charge in [0, 0.05) is 6.04 Å². The number of hydrogen-bond acceptors (Lipinski definition) is 10. The van der Waals surface area contributed by atoms with E-state index < -0.39 is 305 Å². The van der Waals surface area contributed by atoms with E-state index in [4.69, 9.17) is 5.73 Å². The average Bonchev–Trinajstić information content (AvgIpc) is 0.783. The summed E-state index contributed by atoms with van der Waals surface area (Å²) in [5.74, 6) is -66.5. The van der Waals surface area contributed by atoms with E-state index in [2.05, 4.69) is 5.32 Å². The van der Waals surface area contributed by atoms with Crippen LogP contribution in [0.3, 0.4) is 0 Å². The lowest BCUT2D eigenvalue weighted by atomic mass is 10.0. The summed E-state index contributed by atoms with van der Waals surface area (Å²) in [5.41, 5.74) is -0.915. The largest absolute Gasteiger partial charge is 0.368 e. The molecule has 0 aliphatic heterocycles. The molecule has 9 atom stereocenters. The highest BCUT2D eigenvalue weighted by Gasteiger charge is 2.45. The fraction of sp³-hybridized carbons (Fsp3) is 0.300. The third-order valence-electron chi connectivity index (χ3n) is 22.4. The molecule has 0 aliphatic carbocycles. The first-order valence-corrected chi connectivity index (χ1v) is 39.5. The number of nitrogens with zero attached hydrogens (tertiary/aromatic N) is 8. The lowest BCUT2D eigenvalue weighted by molar-refractivity contribution is -0.152. The van der Waals surface area contributed by atoms with E-state index in [1.165, 1.54) is 136 Å². The molecule has 9 aromatic rings. The number of nitrogens with two attached hydrogens (primary N) is 1. The number of hydrogen-bond donors (Lipinski definition) is 2. The van der Waals surface area contributed by atoms with E-state index in [0.29, 0.717) is 45.9 Å². The Kier molecular flexibility index (Phi) is 32.9. The Balaban J connectivity index is 1.18. The third-order valence-corrected chi connectivity index (χ3v) is 22.4. The Bertz CT molecular complexity index is 5580. The molecule has 3 N–H and O–H groups in total. The van der Waals surface area contributed by atoms with Crippen molar-refractivity contribution in [1.29, 1.82) is 0 Å². The maximum atomic E-state index is 16.6. The van der Waals surface area contributed by atoms with Gasteiger partial charge in [0.1, 0.15) is 45.8 Å². The average molecular weight is 1830 g/mol. The second kappa shape index (κ2) is 42.6. The van der Waals surface area contributed by atoms with Gasteiger partial charge in [-0.2, -0.15) is 0 Å². The Morgan fingerprint density at radius 2 is 0.364 bits per heavy atom. The van der Waals surface area contributed by atoms with E-state index in [-0.39, 0.29) is 37.0 Å². The number of nitrogens with one attached hydrogen (secondary N) is 1. The van der Waals surface area contributed by atoms with Crippen LogP contribution in [0.25, 0.3) is 0 Å². The van der Waals surface area contributed by atoms with Crippen molar-refractivity contribution in [1.82, 2.24) is 44.5 Å². The molecule has 9 amide bonds. The van der Waals surface area contributed by atoms with Crippen LogP contribution in [0.2, 0.25) is 0 Å². The molecule has 39 heteroatoms. The summed E-state index contributed by atoms with van der Waals surface area (Å²) in [6.45, 7) is -4.53. The van der Waals surface area contributed by atoms with Crippen molar-refractivity contribution in [2.24, 2.45) is 5.73 Å². The Labute approximate surface area is 725 Å². The van der Waals surface area contributed by atoms with Crippen molar-refractivity contribution in [3.05, 3.63) is 318 Å². The van der Waals surface area contributed by atoms with Crippen LogP contribution in [0.5, 0.6) is 0 Å². The van der Waals surface area contributed by atoms with Crippen molar-refractivity contribution < 1.29 is 131 Å². The van der Waals surface area contributed by atoms with Gasteiger partial charge in [-0.15, -0.1) is 0 Å². The summed E-state index contributed by atoms with van der Waals surface area (Å²) in [5, 5.41) is 2.81. The zero-order valence-corrected chi connectivity index (χ0v) is 69.9. The highest BCUT2D eigenvalue weighted by Crippen LogP contribution is 2.39. The van der Waals surface area contributed by atoms with Crippen molar-refractivity contribution in [2.75, 3.05) is 58.9 Å².